The number of hydrogen-bond acceptors (Lipinski definition) is 3. The average Bonchev–Trinajstić information content (AvgIpc) is 2.91. The van der Waals surface area contributed by atoms with Crippen LogP contribution in [0, 0.1) is 11.3 Å². The molecule has 0 radical (unpaired) electrons. The number of alkyl carbamates (subject to hydrolysis) is 1. The summed E-state index contributed by atoms with van der Waals surface area (Å²) in [6, 6.07) is -0.286. The summed E-state index contributed by atoms with van der Waals surface area (Å²) < 4.78 is 5.25. The largest absolute Gasteiger partial charge is 0.446 e. The minimum absolute atomic E-state index is 0.0207. The van der Waals surface area contributed by atoms with Crippen molar-refractivity contribution in [3.05, 3.63) is 12.7 Å². The van der Waals surface area contributed by atoms with Crippen LogP contribution in [0.15, 0.2) is 12.7 Å². The lowest BCUT2D eigenvalue weighted by Gasteiger charge is -2.29. The van der Waals surface area contributed by atoms with Gasteiger partial charge in [0.15, 0.2) is 0 Å². The number of aliphatic hydroxyl groups is 1. The first-order chi connectivity index (χ1) is 7.88. The smallest absolute Gasteiger partial charge is 0.407 e. The van der Waals surface area contributed by atoms with Crippen molar-refractivity contribution < 1.29 is 14.6 Å². The molecule has 1 aliphatic rings. The SMILES string of the molecule is C=CC[C@@H]1C[C@H]1OC(=O)N[C@H](CO)C(C)(C)C. The summed E-state index contributed by atoms with van der Waals surface area (Å²) in [6.07, 6.45) is 3.24. The van der Waals surface area contributed by atoms with Gasteiger partial charge < -0.3 is 15.2 Å². The Kier molecular flexibility index (Phi) is 4.57. The van der Waals surface area contributed by atoms with Gasteiger partial charge in [0, 0.05) is 5.92 Å². The maximum atomic E-state index is 11.6. The maximum absolute atomic E-state index is 11.6. The number of nitrogens with one attached hydrogen (secondary N) is 1. The molecule has 2 N–H and O–H groups in total. The third kappa shape index (κ3) is 4.38. The summed E-state index contributed by atoms with van der Waals surface area (Å²) in [5.41, 5.74) is -0.183. The minimum atomic E-state index is -0.435. The van der Waals surface area contributed by atoms with Crippen molar-refractivity contribution in [3.63, 3.8) is 0 Å². The molecule has 0 aromatic carbocycles. The van der Waals surface area contributed by atoms with Crippen molar-refractivity contribution in [2.45, 2.75) is 45.8 Å². The van der Waals surface area contributed by atoms with Crippen LogP contribution in [0.25, 0.3) is 0 Å². The number of rotatable bonds is 5. The number of amides is 1. The van der Waals surface area contributed by atoms with Crippen LogP contribution in [0.4, 0.5) is 4.79 Å². The van der Waals surface area contributed by atoms with Gasteiger partial charge in [-0.1, -0.05) is 26.8 Å². The molecule has 0 heterocycles. The normalized spacial score (nSPS) is 24.9. The van der Waals surface area contributed by atoms with Crippen LogP contribution in [0.2, 0.25) is 0 Å². The molecule has 0 aliphatic heterocycles. The van der Waals surface area contributed by atoms with Crippen LogP contribution in [0.3, 0.4) is 0 Å². The molecule has 0 spiro atoms. The molecule has 1 amide bonds. The first-order valence-electron chi connectivity index (χ1n) is 6.07. The van der Waals surface area contributed by atoms with E-state index >= 15 is 0 Å². The predicted octanol–water partition coefficient (Wildman–Crippen LogP) is 2.08. The Bertz CT molecular complexity index is 283. The molecule has 0 saturated heterocycles. The Morgan fingerprint density at radius 2 is 2.29 bits per heavy atom. The summed E-state index contributed by atoms with van der Waals surface area (Å²) >= 11 is 0. The third-order valence-electron chi connectivity index (χ3n) is 3.11. The second-order valence-corrected chi connectivity index (χ2v) is 5.71. The quantitative estimate of drug-likeness (QED) is 0.725. The van der Waals surface area contributed by atoms with Crippen molar-refractivity contribution >= 4 is 6.09 Å². The maximum Gasteiger partial charge on any atom is 0.407 e. The Morgan fingerprint density at radius 3 is 2.76 bits per heavy atom. The molecule has 0 aromatic rings. The highest BCUT2D eigenvalue weighted by atomic mass is 16.6. The third-order valence-corrected chi connectivity index (χ3v) is 3.11. The van der Waals surface area contributed by atoms with Crippen molar-refractivity contribution in [2.75, 3.05) is 6.61 Å². The van der Waals surface area contributed by atoms with Gasteiger partial charge in [-0.15, -0.1) is 6.58 Å². The van der Waals surface area contributed by atoms with Gasteiger partial charge >= 0.3 is 6.09 Å². The van der Waals surface area contributed by atoms with Crippen LogP contribution in [-0.2, 0) is 4.74 Å². The lowest BCUT2D eigenvalue weighted by Crippen LogP contribution is -2.46. The number of hydrogen-bond donors (Lipinski definition) is 2. The van der Waals surface area contributed by atoms with Crippen molar-refractivity contribution in [1.29, 1.82) is 0 Å². The van der Waals surface area contributed by atoms with Gasteiger partial charge in [0.1, 0.15) is 6.10 Å². The minimum Gasteiger partial charge on any atom is -0.446 e. The Morgan fingerprint density at radius 1 is 1.65 bits per heavy atom. The fourth-order valence-corrected chi connectivity index (χ4v) is 1.68. The van der Waals surface area contributed by atoms with E-state index in [-0.39, 0.29) is 24.2 Å². The summed E-state index contributed by atoms with van der Waals surface area (Å²) in [5, 5.41) is 11.9. The Hall–Kier alpha value is -1.03. The van der Waals surface area contributed by atoms with E-state index in [9.17, 15) is 9.90 Å². The number of aliphatic hydroxyl groups excluding tert-OH is 1. The summed E-state index contributed by atoms with van der Waals surface area (Å²) in [4.78, 5) is 11.6. The summed E-state index contributed by atoms with van der Waals surface area (Å²) in [7, 11) is 0. The molecule has 0 aromatic heterocycles. The van der Waals surface area contributed by atoms with E-state index in [0.29, 0.717) is 5.92 Å². The molecule has 3 atom stereocenters. The van der Waals surface area contributed by atoms with Crippen molar-refractivity contribution in [1.82, 2.24) is 5.32 Å². The van der Waals surface area contributed by atoms with Gasteiger partial charge in [-0.25, -0.2) is 4.79 Å². The Labute approximate surface area is 103 Å². The zero-order valence-electron chi connectivity index (χ0n) is 10.9. The lowest BCUT2D eigenvalue weighted by atomic mass is 9.87. The number of ether oxygens (including phenoxy) is 1. The number of carbonyl (C=O) groups is 1. The van der Waals surface area contributed by atoms with Gasteiger partial charge in [-0.2, -0.15) is 0 Å². The first-order valence-corrected chi connectivity index (χ1v) is 6.07. The molecule has 0 unspecified atom stereocenters. The fraction of sp³-hybridized carbons (Fsp3) is 0.769. The topological polar surface area (TPSA) is 58.6 Å². The summed E-state index contributed by atoms with van der Waals surface area (Å²) in [6.45, 7) is 9.47. The summed E-state index contributed by atoms with van der Waals surface area (Å²) in [5.74, 6) is 0.431. The van der Waals surface area contributed by atoms with Crippen LogP contribution in [-0.4, -0.2) is 30.0 Å². The van der Waals surface area contributed by atoms with Gasteiger partial charge in [-0.05, 0) is 18.3 Å². The van der Waals surface area contributed by atoms with Crippen molar-refractivity contribution in [2.24, 2.45) is 11.3 Å². The van der Waals surface area contributed by atoms with E-state index in [1.54, 1.807) is 0 Å². The highest BCUT2D eigenvalue weighted by Crippen LogP contribution is 2.37. The van der Waals surface area contributed by atoms with E-state index in [4.69, 9.17) is 4.74 Å². The van der Waals surface area contributed by atoms with E-state index < -0.39 is 6.09 Å². The van der Waals surface area contributed by atoms with E-state index in [1.807, 2.05) is 26.8 Å². The second kappa shape index (κ2) is 5.54. The van der Waals surface area contributed by atoms with Gasteiger partial charge in [0.2, 0.25) is 0 Å². The van der Waals surface area contributed by atoms with Gasteiger partial charge in [-0.3, -0.25) is 0 Å². The molecule has 17 heavy (non-hydrogen) atoms. The highest BCUT2D eigenvalue weighted by molar-refractivity contribution is 5.68. The van der Waals surface area contributed by atoms with Crippen LogP contribution in [0.5, 0.6) is 0 Å². The van der Waals surface area contributed by atoms with E-state index in [1.165, 1.54) is 0 Å². The van der Waals surface area contributed by atoms with Crippen LogP contribution in [0.1, 0.15) is 33.6 Å². The molecule has 1 rings (SSSR count). The van der Waals surface area contributed by atoms with E-state index in [2.05, 4.69) is 11.9 Å². The van der Waals surface area contributed by atoms with Crippen LogP contribution >= 0.6 is 0 Å². The van der Waals surface area contributed by atoms with Crippen LogP contribution < -0.4 is 5.32 Å². The molecule has 4 heteroatoms. The molecule has 1 aliphatic carbocycles. The molecule has 1 saturated carbocycles. The zero-order valence-corrected chi connectivity index (χ0v) is 10.9. The molecule has 4 nitrogen and oxygen atoms in total. The monoisotopic (exact) mass is 241 g/mol. The number of allylic oxidation sites excluding steroid dienone is 1. The van der Waals surface area contributed by atoms with Gasteiger partial charge in [0.25, 0.3) is 0 Å². The highest BCUT2D eigenvalue weighted by Gasteiger charge is 2.40. The fourth-order valence-electron chi connectivity index (χ4n) is 1.68. The predicted molar refractivity (Wildman–Crippen MR) is 66.7 cm³/mol. The molecule has 0 bridgehead atoms. The van der Waals surface area contributed by atoms with E-state index in [0.717, 1.165) is 12.8 Å². The molecular weight excluding hydrogens is 218 g/mol. The lowest BCUT2D eigenvalue weighted by molar-refractivity contribution is 0.105. The average molecular weight is 241 g/mol. The second-order valence-electron chi connectivity index (χ2n) is 5.71. The molecule has 1 fully saturated rings. The Balaban J connectivity index is 2.32. The van der Waals surface area contributed by atoms with Crippen molar-refractivity contribution in [3.8, 4) is 0 Å². The zero-order chi connectivity index (χ0) is 13.1. The molecular formula is C13H23NO3. The molecule has 98 valence electrons. The standard InChI is InChI=1S/C13H23NO3/c1-5-6-9-7-10(9)17-12(16)14-11(8-15)13(2,3)4/h5,9-11,15H,1,6-8H2,2-4H3,(H,14,16)/t9-,10-,11-/m1/s1. The number of carbonyl (C=O) groups excluding carboxylic acids is 1. The first kappa shape index (κ1) is 14.0. The van der Waals surface area contributed by atoms with Gasteiger partial charge in [0.05, 0.1) is 12.6 Å².